The molecule has 0 saturated carbocycles. The van der Waals surface area contributed by atoms with Crippen molar-refractivity contribution in [1.82, 2.24) is 0 Å². The largest absolute Gasteiger partial charge is 0.462 e. The van der Waals surface area contributed by atoms with E-state index in [2.05, 4.69) is 93.7 Å². The van der Waals surface area contributed by atoms with Gasteiger partial charge in [0.25, 0.3) is 0 Å². The minimum atomic E-state index is -0.793. The van der Waals surface area contributed by atoms with E-state index in [1.165, 1.54) is 205 Å². The van der Waals surface area contributed by atoms with Crippen LogP contribution in [-0.4, -0.2) is 37.2 Å². The summed E-state index contributed by atoms with van der Waals surface area (Å²) in [5, 5.41) is 0. The summed E-state index contributed by atoms with van der Waals surface area (Å²) in [7, 11) is 0. The van der Waals surface area contributed by atoms with Crippen LogP contribution in [0.4, 0.5) is 0 Å². The van der Waals surface area contributed by atoms with Gasteiger partial charge in [0.15, 0.2) is 6.10 Å². The molecule has 0 fully saturated rings. The highest BCUT2D eigenvalue weighted by Crippen LogP contribution is 2.17. The Hall–Kier alpha value is -3.15. The minimum Gasteiger partial charge on any atom is -0.462 e. The molecule has 0 aliphatic heterocycles. The molecule has 77 heavy (non-hydrogen) atoms. The molecular weight excluding hydrogens is 949 g/mol. The fourth-order valence-corrected chi connectivity index (χ4v) is 9.70. The van der Waals surface area contributed by atoms with Gasteiger partial charge in [-0.15, -0.1) is 0 Å². The zero-order valence-electron chi connectivity index (χ0n) is 51.2. The number of ether oxygens (including phenoxy) is 3. The highest BCUT2D eigenvalue weighted by Gasteiger charge is 2.19. The summed E-state index contributed by atoms with van der Waals surface area (Å²) in [6.45, 7) is 6.55. The van der Waals surface area contributed by atoms with E-state index in [1.54, 1.807) is 0 Å². The van der Waals surface area contributed by atoms with Crippen molar-refractivity contribution in [2.24, 2.45) is 0 Å². The van der Waals surface area contributed by atoms with Crippen LogP contribution in [0.2, 0.25) is 0 Å². The van der Waals surface area contributed by atoms with Gasteiger partial charge in [0.05, 0.1) is 0 Å². The molecular formula is C71H126O6. The summed E-state index contributed by atoms with van der Waals surface area (Å²) in [5.41, 5.74) is 0. The van der Waals surface area contributed by atoms with Gasteiger partial charge in [-0.25, -0.2) is 0 Å². The lowest BCUT2D eigenvalue weighted by Crippen LogP contribution is -2.30. The molecule has 0 aromatic heterocycles. The summed E-state index contributed by atoms with van der Waals surface area (Å²) in [6, 6.07) is 0. The molecule has 0 saturated heterocycles. The first-order chi connectivity index (χ1) is 38.0. The topological polar surface area (TPSA) is 78.9 Å². The van der Waals surface area contributed by atoms with Crippen LogP contribution >= 0.6 is 0 Å². The normalized spacial score (nSPS) is 12.5. The van der Waals surface area contributed by atoms with Crippen LogP contribution in [0.1, 0.15) is 342 Å². The lowest BCUT2D eigenvalue weighted by molar-refractivity contribution is -0.167. The standard InChI is InChI=1S/C71H126O6/c1-4-7-10-13-16-19-22-25-28-31-33-34-35-36-38-40-43-46-49-52-55-58-61-64-70(73)76-67-68(66-75-69(72)63-60-57-54-51-48-45-42-39-30-27-24-21-18-15-12-9-6-3)77-71(74)65-62-59-56-53-50-47-44-41-37-32-29-26-23-20-17-14-11-8-5-2/h8,11,17,20,26,29,31,33,37,41,47,50,68H,4-7,9-10,12-16,18-19,21-25,27-28,30,32,34-36,38-40,42-46,48-49,51-67H2,1-3H3/b11-8-,20-17-,29-26-,33-31-,41-37-,50-47-. The maximum absolute atomic E-state index is 12.9. The lowest BCUT2D eigenvalue weighted by Gasteiger charge is -2.18. The first-order valence-corrected chi connectivity index (χ1v) is 33.4. The third-order valence-electron chi connectivity index (χ3n) is 14.7. The molecule has 1 unspecified atom stereocenters. The first kappa shape index (κ1) is 73.8. The molecule has 6 nitrogen and oxygen atoms in total. The number of unbranched alkanes of at least 4 members (excludes halogenated alkanes) is 38. The van der Waals surface area contributed by atoms with Gasteiger partial charge < -0.3 is 14.2 Å². The predicted octanol–water partition coefficient (Wildman–Crippen LogP) is 22.9. The van der Waals surface area contributed by atoms with Gasteiger partial charge in [0, 0.05) is 19.3 Å². The molecule has 0 bridgehead atoms. The number of hydrogen-bond donors (Lipinski definition) is 0. The zero-order chi connectivity index (χ0) is 55.7. The van der Waals surface area contributed by atoms with Crippen molar-refractivity contribution in [2.75, 3.05) is 13.2 Å². The van der Waals surface area contributed by atoms with Gasteiger partial charge in [-0.2, -0.15) is 0 Å². The minimum absolute atomic E-state index is 0.0856. The second kappa shape index (κ2) is 65.4. The quantitative estimate of drug-likeness (QED) is 0.0261. The Labute approximate surface area is 478 Å². The van der Waals surface area contributed by atoms with Gasteiger partial charge in [0.1, 0.15) is 13.2 Å². The molecule has 6 heteroatoms. The maximum atomic E-state index is 12.9. The summed E-state index contributed by atoms with van der Waals surface area (Å²) in [5.74, 6) is -0.900. The van der Waals surface area contributed by atoms with E-state index in [9.17, 15) is 14.4 Å². The second-order valence-electron chi connectivity index (χ2n) is 22.4. The molecule has 0 heterocycles. The molecule has 0 N–H and O–H groups in total. The van der Waals surface area contributed by atoms with Crippen molar-refractivity contribution in [3.05, 3.63) is 72.9 Å². The van der Waals surface area contributed by atoms with Gasteiger partial charge in [-0.1, -0.05) is 306 Å². The number of hydrogen-bond acceptors (Lipinski definition) is 6. The zero-order valence-corrected chi connectivity index (χ0v) is 51.2. The van der Waals surface area contributed by atoms with Crippen LogP contribution in [0.25, 0.3) is 0 Å². The predicted molar refractivity (Wildman–Crippen MR) is 335 cm³/mol. The molecule has 1 atom stereocenters. The smallest absolute Gasteiger partial charge is 0.306 e. The average molecular weight is 1080 g/mol. The van der Waals surface area contributed by atoms with Crippen LogP contribution in [-0.2, 0) is 28.6 Å². The van der Waals surface area contributed by atoms with Crippen LogP contribution in [0, 0.1) is 0 Å². The molecule has 0 aromatic rings. The summed E-state index contributed by atoms with van der Waals surface area (Å²) >= 11 is 0. The highest BCUT2D eigenvalue weighted by molar-refractivity contribution is 5.71. The fraction of sp³-hybridized carbons (Fsp3) is 0.789. The second-order valence-corrected chi connectivity index (χ2v) is 22.4. The third kappa shape index (κ3) is 63.6. The summed E-state index contributed by atoms with van der Waals surface area (Å²) in [6.07, 6.45) is 84.9. The maximum Gasteiger partial charge on any atom is 0.306 e. The molecule has 0 spiro atoms. The highest BCUT2D eigenvalue weighted by atomic mass is 16.6. The van der Waals surface area contributed by atoms with E-state index in [4.69, 9.17) is 14.2 Å². The molecule has 0 radical (unpaired) electrons. The number of carbonyl (C=O) groups excluding carboxylic acids is 3. The van der Waals surface area contributed by atoms with Gasteiger partial charge in [-0.3, -0.25) is 14.4 Å². The molecule has 0 aromatic carbocycles. The fourth-order valence-electron chi connectivity index (χ4n) is 9.70. The van der Waals surface area contributed by atoms with Gasteiger partial charge in [0.2, 0.25) is 0 Å². The van der Waals surface area contributed by atoms with Crippen molar-refractivity contribution >= 4 is 17.9 Å². The summed E-state index contributed by atoms with van der Waals surface area (Å²) < 4.78 is 16.9. The van der Waals surface area contributed by atoms with Gasteiger partial charge in [-0.05, 0) is 89.9 Å². The molecule has 0 rings (SSSR count). The van der Waals surface area contributed by atoms with E-state index < -0.39 is 6.10 Å². The number of rotatable bonds is 61. The van der Waals surface area contributed by atoms with Crippen LogP contribution in [0.5, 0.6) is 0 Å². The van der Waals surface area contributed by atoms with Crippen molar-refractivity contribution in [3.63, 3.8) is 0 Å². The number of carbonyl (C=O) groups is 3. The number of allylic oxidation sites excluding steroid dienone is 12. The van der Waals surface area contributed by atoms with Gasteiger partial charge >= 0.3 is 17.9 Å². The van der Waals surface area contributed by atoms with Crippen LogP contribution in [0.3, 0.4) is 0 Å². The Bertz CT molecular complexity index is 1420. The van der Waals surface area contributed by atoms with Crippen LogP contribution in [0.15, 0.2) is 72.9 Å². The van der Waals surface area contributed by atoms with E-state index in [1.807, 2.05) is 0 Å². The Morgan fingerprint density at radius 3 is 0.818 bits per heavy atom. The van der Waals surface area contributed by atoms with E-state index in [0.29, 0.717) is 19.3 Å². The van der Waals surface area contributed by atoms with Crippen molar-refractivity contribution in [1.29, 1.82) is 0 Å². The van der Waals surface area contributed by atoms with Crippen molar-refractivity contribution < 1.29 is 28.6 Å². The lowest BCUT2D eigenvalue weighted by atomic mass is 10.0. The Balaban J connectivity index is 4.38. The first-order valence-electron chi connectivity index (χ1n) is 33.4. The third-order valence-corrected chi connectivity index (χ3v) is 14.7. The van der Waals surface area contributed by atoms with Crippen molar-refractivity contribution in [3.8, 4) is 0 Å². The Kier molecular flexibility index (Phi) is 62.7. The van der Waals surface area contributed by atoms with Crippen molar-refractivity contribution in [2.45, 2.75) is 348 Å². The summed E-state index contributed by atoms with van der Waals surface area (Å²) in [4.78, 5) is 38.4. The van der Waals surface area contributed by atoms with Crippen LogP contribution < -0.4 is 0 Å². The number of esters is 3. The molecule has 0 aliphatic rings. The Morgan fingerprint density at radius 1 is 0.273 bits per heavy atom. The Morgan fingerprint density at radius 2 is 0.506 bits per heavy atom. The average Bonchev–Trinajstić information content (AvgIpc) is 3.43. The van der Waals surface area contributed by atoms with E-state index >= 15 is 0 Å². The SMILES string of the molecule is CC/C=C\C/C=C\C/C=C\C/C=C\C/C=C\CCCCCC(=O)OC(COC(=O)CCCCCCCCCCCCC/C=C\CCCCCCCCCC)COC(=O)CCCCCCCCCCCCCCCCCCC. The molecule has 446 valence electrons. The molecule has 0 aliphatic carbocycles. The van der Waals surface area contributed by atoms with E-state index in [0.717, 1.165) is 96.3 Å². The molecule has 0 amide bonds. The monoisotopic (exact) mass is 1070 g/mol. The van der Waals surface area contributed by atoms with E-state index in [-0.39, 0.29) is 31.1 Å².